The van der Waals surface area contributed by atoms with Crippen LogP contribution in [0.25, 0.3) is 0 Å². The first-order valence-corrected chi connectivity index (χ1v) is 6.09. The molecule has 1 amide bonds. The summed E-state index contributed by atoms with van der Waals surface area (Å²) in [5.74, 6) is 0.112. The fourth-order valence-electron chi connectivity index (χ4n) is 1.33. The number of rotatable bonds is 6. The number of thiophene rings is 1. The van der Waals surface area contributed by atoms with Crippen LogP contribution < -0.4 is 10.6 Å². The van der Waals surface area contributed by atoms with Crippen molar-refractivity contribution in [3.63, 3.8) is 0 Å². The van der Waals surface area contributed by atoms with Gasteiger partial charge in [0.25, 0.3) is 0 Å². The summed E-state index contributed by atoms with van der Waals surface area (Å²) in [7, 11) is 1.67. The SMILES string of the molecule is CNC(=O)CCCNC(C)c1cccs1. The van der Waals surface area contributed by atoms with Gasteiger partial charge in [-0.15, -0.1) is 11.3 Å². The first kappa shape index (κ1) is 12.2. The highest BCUT2D eigenvalue weighted by Gasteiger charge is 2.05. The van der Waals surface area contributed by atoms with Gasteiger partial charge in [0, 0.05) is 24.4 Å². The van der Waals surface area contributed by atoms with Crippen molar-refractivity contribution in [3.8, 4) is 0 Å². The Balaban J connectivity index is 2.13. The quantitative estimate of drug-likeness (QED) is 0.728. The smallest absolute Gasteiger partial charge is 0.219 e. The number of carbonyl (C=O) groups excluding carboxylic acids is 1. The average Bonchev–Trinajstić information content (AvgIpc) is 2.77. The number of carbonyl (C=O) groups is 1. The lowest BCUT2D eigenvalue weighted by Crippen LogP contribution is -2.22. The van der Waals surface area contributed by atoms with Crippen LogP contribution in [-0.4, -0.2) is 19.5 Å². The Kier molecular flexibility index (Phi) is 5.36. The van der Waals surface area contributed by atoms with Gasteiger partial charge < -0.3 is 10.6 Å². The van der Waals surface area contributed by atoms with Crippen LogP contribution in [0, 0.1) is 0 Å². The molecule has 0 aliphatic carbocycles. The van der Waals surface area contributed by atoms with E-state index in [1.807, 2.05) is 0 Å². The molecule has 0 aliphatic rings. The molecular formula is C11H18N2OS. The zero-order valence-corrected chi connectivity index (χ0v) is 10.1. The van der Waals surface area contributed by atoms with Crippen molar-refractivity contribution in [2.75, 3.05) is 13.6 Å². The number of hydrogen-bond donors (Lipinski definition) is 2. The Labute approximate surface area is 94.9 Å². The van der Waals surface area contributed by atoms with E-state index in [2.05, 4.69) is 35.1 Å². The van der Waals surface area contributed by atoms with Crippen molar-refractivity contribution < 1.29 is 4.79 Å². The Morgan fingerprint density at radius 2 is 2.40 bits per heavy atom. The summed E-state index contributed by atoms with van der Waals surface area (Å²) in [5.41, 5.74) is 0. The van der Waals surface area contributed by atoms with E-state index in [9.17, 15) is 4.79 Å². The molecule has 1 aromatic rings. The van der Waals surface area contributed by atoms with Crippen molar-refractivity contribution in [2.24, 2.45) is 0 Å². The molecule has 84 valence electrons. The third-order valence-corrected chi connectivity index (χ3v) is 3.33. The van der Waals surface area contributed by atoms with Gasteiger partial charge in [0.15, 0.2) is 0 Å². The summed E-state index contributed by atoms with van der Waals surface area (Å²) in [4.78, 5) is 12.3. The standard InChI is InChI=1S/C11H18N2OS/c1-9(10-5-4-8-15-10)13-7-3-6-11(14)12-2/h4-5,8-9,13H,3,6-7H2,1-2H3,(H,12,14). The molecule has 1 rings (SSSR count). The second-order valence-electron chi connectivity index (χ2n) is 3.47. The Hall–Kier alpha value is -0.870. The highest BCUT2D eigenvalue weighted by molar-refractivity contribution is 7.10. The van der Waals surface area contributed by atoms with E-state index in [4.69, 9.17) is 0 Å². The first-order chi connectivity index (χ1) is 7.24. The summed E-state index contributed by atoms with van der Waals surface area (Å²) >= 11 is 1.76. The molecule has 0 spiro atoms. The molecule has 1 aromatic heterocycles. The molecule has 1 heterocycles. The third-order valence-electron chi connectivity index (χ3n) is 2.28. The second kappa shape index (κ2) is 6.58. The second-order valence-corrected chi connectivity index (χ2v) is 4.45. The molecule has 0 bridgehead atoms. The van der Waals surface area contributed by atoms with Gasteiger partial charge in [-0.05, 0) is 31.3 Å². The van der Waals surface area contributed by atoms with Crippen LogP contribution in [0.2, 0.25) is 0 Å². The minimum Gasteiger partial charge on any atom is -0.359 e. The van der Waals surface area contributed by atoms with Gasteiger partial charge >= 0.3 is 0 Å². The lowest BCUT2D eigenvalue weighted by atomic mass is 10.2. The maximum atomic E-state index is 10.9. The minimum atomic E-state index is 0.112. The third kappa shape index (κ3) is 4.44. The van der Waals surface area contributed by atoms with Crippen LogP contribution in [0.15, 0.2) is 17.5 Å². The van der Waals surface area contributed by atoms with Gasteiger partial charge in [-0.3, -0.25) is 4.79 Å². The molecule has 3 nitrogen and oxygen atoms in total. The summed E-state index contributed by atoms with van der Waals surface area (Å²) in [6, 6.07) is 4.57. The van der Waals surface area contributed by atoms with Crippen LogP contribution in [-0.2, 0) is 4.79 Å². The summed E-state index contributed by atoms with van der Waals surface area (Å²) in [5, 5.41) is 8.09. The molecule has 0 saturated heterocycles. The summed E-state index contributed by atoms with van der Waals surface area (Å²) < 4.78 is 0. The van der Waals surface area contributed by atoms with E-state index >= 15 is 0 Å². The predicted molar refractivity (Wildman–Crippen MR) is 64.0 cm³/mol. The maximum Gasteiger partial charge on any atom is 0.219 e. The molecule has 0 aromatic carbocycles. The van der Waals surface area contributed by atoms with Crippen molar-refractivity contribution in [1.82, 2.24) is 10.6 Å². The van der Waals surface area contributed by atoms with Crippen molar-refractivity contribution >= 4 is 17.2 Å². The van der Waals surface area contributed by atoms with Gasteiger partial charge in [0.2, 0.25) is 5.91 Å². The number of nitrogens with one attached hydrogen (secondary N) is 2. The van der Waals surface area contributed by atoms with E-state index in [1.165, 1.54) is 4.88 Å². The fourth-order valence-corrected chi connectivity index (χ4v) is 2.09. The van der Waals surface area contributed by atoms with Crippen molar-refractivity contribution in [2.45, 2.75) is 25.8 Å². The topological polar surface area (TPSA) is 41.1 Å². The van der Waals surface area contributed by atoms with Gasteiger partial charge in [0.1, 0.15) is 0 Å². The van der Waals surface area contributed by atoms with Gasteiger partial charge in [-0.2, -0.15) is 0 Å². The van der Waals surface area contributed by atoms with Crippen LogP contribution in [0.3, 0.4) is 0 Å². The van der Waals surface area contributed by atoms with Crippen molar-refractivity contribution in [1.29, 1.82) is 0 Å². The Bertz CT molecular complexity index is 285. The molecule has 1 unspecified atom stereocenters. The number of amides is 1. The predicted octanol–water partition coefficient (Wildman–Crippen LogP) is 1.92. The monoisotopic (exact) mass is 226 g/mol. The highest BCUT2D eigenvalue weighted by Crippen LogP contribution is 2.17. The van der Waals surface area contributed by atoms with E-state index < -0.39 is 0 Å². The van der Waals surface area contributed by atoms with Crippen LogP contribution >= 0.6 is 11.3 Å². The normalized spacial score (nSPS) is 12.4. The first-order valence-electron chi connectivity index (χ1n) is 5.21. The van der Waals surface area contributed by atoms with E-state index in [0.29, 0.717) is 12.5 Å². The molecule has 0 aliphatic heterocycles. The molecule has 0 radical (unpaired) electrons. The Morgan fingerprint density at radius 3 is 3.00 bits per heavy atom. The molecule has 2 N–H and O–H groups in total. The molecule has 0 saturated carbocycles. The molecular weight excluding hydrogens is 208 g/mol. The van der Waals surface area contributed by atoms with Gasteiger partial charge in [-0.25, -0.2) is 0 Å². The van der Waals surface area contributed by atoms with Crippen LogP contribution in [0.1, 0.15) is 30.7 Å². The average molecular weight is 226 g/mol. The van der Waals surface area contributed by atoms with Crippen molar-refractivity contribution in [3.05, 3.63) is 22.4 Å². The number of hydrogen-bond acceptors (Lipinski definition) is 3. The zero-order chi connectivity index (χ0) is 11.1. The largest absolute Gasteiger partial charge is 0.359 e. The summed E-state index contributed by atoms with van der Waals surface area (Å²) in [6.07, 6.45) is 1.48. The van der Waals surface area contributed by atoms with Gasteiger partial charge in [-0.1, -0.05) is 6.07 Å². The summed E-state index contributed by atoms with van der Waals surface area (Å²) in [6.45, 7) is 3.03. The van der Waals surface area contributed by atoms with E-state index in [1.54, 1.807) is 18.4 Å². The molecule has 0 fully saturated rings. The Morgan fingerprint density at radius 1 is 1.60 bits per heavy atom. The fraction of sp³-hybridized carbons (Fsp3) is 0.545. The van der Waals surface area contributed by atoms with Gasteiger partial charge in [0.05, 0.1) is 0 Å². The van der Waals surface area contributed by atoms with E-state index in [-0.39, 0.29) is 5.91 Å². The molecule has 1 atom stereocenters. The van der Waals surface area contributed by atoms with Crippen LogP contribution in [0.4, 0.5) is 0 Å². The van der Waals surface area contributed by atoms with Crippen LogP contribution in [0.5, 0.6) is 0 Å². The zero-order valence-electron chi connectivity index (χ0n) is 9.25. The highest BCUT2D eigenvalue weighted by atomic mass is 32.1. The molecule has 4 heteroatoms. The lowest BCUT2D eigenvalue weighted by molar-refractivity contribution is -0.120. The maximum absolute atomic E-state index is 10.9. The lowest BCUT2D eigenvalue weighted by Gasteiger charge is -2.11. The minimum absolute atomic E-state index is 0.112. The van der Waals surface area contributed by atoms with E-state index in [0.717, 1.165) is 13.0 Å². The molecule has 15 heavy (non-hydrogen) atoms.